The van der Waals surface area contributed by atoms with Crippen molar-refractivity contribution < 1.29 is 33.2 Å². The topological polar surface area (TPSA) is 107 Å². The summed E-state index contributed by atoms with van der Waals surface area (Å²) in [5, 5.41) is 1.03. The van der Waals surface area contributed by atoms with Crippen LogP contribution in [0.15, 0.2) is 63.5 Å². The highest BCUT2D eigenvalue weighted by molar-refractivity contribution is 14.1. The van der Waals surface area contributed by atoms with Gasteiger partial charge in [-0.3, -0.25) is 9.36 Å². The molecule has 1 aromatic heterocycles. The molecule has 0 bridgehead atoms. The van der Waals surface area contributed by atoms with Gasteiger partial charge in [-0.1, -0.05) is 40.6 Å². The van der Waals surface area contributed by atoms with E-state index in [2.05, 4.69) is 27.6 Å². The molecule has 0 saturated heterocycles. The van der Waals surface area contributed by atoms with E-state index in [4.69, 9.17) is 51.6 Å². The van der Waals surface area contributed by atoms with Gasteiger partial charge in [-0.25, -0.2) is 9.79 Å². The average Bonchev–Trinajstić information content (AvgIpc) is 3.36. The van der Waals surface area contributed by atoms with E-state index in [0.717, 1.165) is 9.13 Å². The summed E-state index contributed by atoms with van der Waals surface area (Å²) in [6.07, 6.45) is 1.75. The van der Waals surface area contributed by atoms with Gasteiger partial charge in [0.05, 0.1) is 60.5 Å². The van der Waals surface area contributed by atoms with Crippen LogP contribution in [0.5, 0.6) is 28.7 Å². The molecular formula is C34H31Cl2IN2O8S. The minimum atomic E-state index is -0.888. The maximum atomic E-state index is 14.2. The summed E-state index contributed by atoms with van der Waals surface area (Å²) < 4.78 is 36.5. The van der Waals surface area contributed by atoms with Crippen molar-refractivity contribution in [3.8, 4) is 28.7 Å². The second-order valence-corrected chi connectivity index (χ2v) is 13.3. The Morgan fingerprint density at radius 1 is 0.979 bits per heavy atom. The molecule has 0 spiro atoms. The number of benzene rings is 3. The van der Waals surface area contributed by atoms with E-state index < -0.39 is 12.0 Å². The second-order valence-electron chi connectivity index (χ2n) is 10.3. The highest BCUT2D eigenvalue weighted by atomic mass is 127. The minimum Gasteiger partial charge on any atom is -0.493 e. The number of carbonyl (C=O) groups is 1. The van der Waals surface area contributed by atoms with Gasteiger partial charge < -0.3 is 28.4 Å². The van der Waals surface area contributed by atoms with Gasteiger partial charge in [0.2, 0.25) is 5.75 Å². The number of ether oxygens (including phenoxy) is 6. The van der Waals surface area contributed by atoms with Crippen molar-refractivity contribution in [1.82, 2.24) is 4.57 Å². The molecular weight excluding hydrogens is 794 g/mol. The molecule has 1 atom stereocenters. The Morgan fingerprint density at radius 2 is 1.65 bits per heavy atom. The second kappa shape index (κ2) is 15.2. The monoisotopic (exact) mass is 824 g/mol. The molecule has 0 fully saturated rings. The van der Waals surface area contributed by atoms with Crippen LogP contribution in [0, 0.1) is 3.57 Å². The van der Waals surface area contributed by atoms with Gasteiger partial charge in [0.25, 0.3) is 5.56 Å². The Labute approximate surface area is 304 Å². The molecule has 3 aromatic carbocycles. The number of aromatic nitrogens is 1. The van der Waals surface area contributed by atoms with Crippen LogP contribution in [0.4, 0.5) is 0 Å². The van der Waals surface area contributed by atoms with Crippen LogP contribution in [-0.4, -0.2) is 45.6 Å². The van der Waals surface area contributed by atoms with Crippen molar-refractivity contribution in [3.63, 3.8) is 0 Å². The molecule has 1 aliphatic rings. The average molecular weight is 826 g/mol. The molecule has 14 heteroatoms. The Morgan fingerprint density at radius 3 is 2.25 bits per heavy atom. The molecule has 4 aromatic rings. The maximum absolute atomic E-state index is 14.2. The van der Waals surface area contributed by atoms with E-state index in [1.54, 1.807) is 63.4 Å². The van der Waals surface area contributed by atoms with Crippen molar-refractivity contribution >= 4 is 69.2 Å². The molecule has 0 aliphatic carbocycles. The zero-order valence-electron chi connectivity index (χ0n) is 26.8. The first-order valence-corrected chi connectivity index (χ1v) is 17.1. The largest absolute Gasteiger partial charge is 0.493 e. The summed E-state index contributed by atoms with van der Waals surface area (Å²) in [4.78, 5) is 32.7. The summed E-state index contributed by atoms with van der Waals surface area (Å²) in [5.74, 6) is 1.54. The first-order chi connectivity index (χ1) is 23.0. The first kappa shape index (κ1) is 35.6. The number of fused-ring (bicyclic) bond motifs is 1. The Balaban J connectivity index is 1.62. The van der Waals surface area contributed by atoms with E-state index >= 15 is 0 Å². The molecule has 10 nitrogen and oxygen atoms in total. The maximum Gasteiger partial charge on any atom is 0.338 e. The van der Waals surface area contributed by atoms with Crippen LogP contribution in [0.3, 0.4) is 0 Å². The van der Waals surface area contributed by atoms with Crippen molar-refractivity contribution in [2.75, 3.05) is 35.0 Å². The smallest absolute Gasteiger partial charge is 0.338 e. The highest BCUT2D eigenvalue weighted by Gasteiger charge is 2.34. The summed E-state index contributed by atoms with van der Waals surface area (Å²) >= 11 is 15.7. The number of carbonyl (C=O) groups excluding carboxylic acids is 1. The van der Waals surface area contributed by atoms with Gasteiger partial charge >= 0.3 is 5.97 Å². The molecule has 48 heavy (non-hydrogen) atoms. The molecule has 0 radical (unpaired) electrons. The lowest BCUT2D eigenvalue weighted by molar-refractivity contribution is -0.139. The van der Waals surface area contributed by atoms with Crippen molar-refractivity contribution in [2.24, 2.45) is 4.99 Å². The number of rotatable bonds is 11. The number of hydrogen-bond acceptors (Lipinski definition) is 10. The minimum absolute atomic E-state index is 0.148. The van der Waals surface area contributed by atoms with Gasteiger partial charge in [0.15, 0.2) is 27.8 Å². The number of nitrogens with zero attached hydrogens (tertiary/aromatic N) is 2. The van der Waals surface area contributed by atoms with Gasteiger partial charge in [-0.05, 0) is 90.0 Å². The van der Waals surface area contributed by atoms with Gasteiger partial charge in [0.1, 0.15) is 6.61 Å². The zero-order valence-corrected chi connectivity index (χ0v) is 31.3. The van der Waals surface area contributed by atoms with Crippen LogP contribution in [0.1, 0.15) is 36.6 Å². The fraction of sp³-hybridized carbons (Fsp3) is 0.265. The Bertz CT molecular complexity index is 2090. The Kier molecular flexibility index (Phi) is 11.3. The fourth-order valence-electron chi connectivity index (χ4n) is 5.27. The standard InChI is InChI=1S/C34H31Cl2IN2O8S/c1-7-46-33(41)28-17(2)38-34-39(29(28)20-13-25(43-4)31(45-6)26(14-20)44-5)32(40)27(48-34)12-18-10-23(37)30(24(11-18)42-3)47-16-19-8-9-21(35)15-22(19)36/h8-15,29H,7,16H2,1-6H3/b27-12-/t29-/m0/s1. The van der Waals surface area contributed by atoms with Gasteiger partial charge in [-0.15, -0.1) is 0 Å². The number of thiazole rings is 1. The number of allylic oxidation sites excluding steroid dienone is 1. The molecule has 0 saturated carbocycles. The lowest BCUT2D eigenvalue weighted by Gasteiger charge is -2.26. The van der Waals surface area contributed by atoms with Crippen LogP contribution in [0.25, 0.3) is 6.08 Å². The summed E-state index contributed by atoms with van der Waals surface area (Å²) in [6, 6.07) is 11.4. The van der Waals surface area contributed by atoms with E-state index in [-0.39, 0.29) is 24.3 Å². The highest BCUT2D eigenvalue weighted by Crippen LogP contribution is 2.42. The summed E-state index contributed by atoms with van der Waals surface area (Å²) in [7, 11) is 6.04. The first-order valence-electron chi connectivity index (χ1n) is 14.5. The zero-order chi connectivity index (χ0) is 34.7. The van der Waals surface area contributed by atoms with E-state index in [9.17, 15) is 9.59 Å². The van der Waals surface area contributed by atoms with Gasteiger partial charge in [-0.2, -0.15) is 0 Å². The lowest BCUT2D eigenvalue weighted by atomic mass is 9.95. The lowest BCUT2D eigenvalue weighted by Crippen LogP contribution is -2.40. The Hall–Kier alpha value is -3.72. The molecule has 0 N–H and O–H groups in total. The third-order valence-electron chi connectivity index (χ3n) is 7.46. The predicted molar refractivity (Wildman–Crippen MR) is 193 cm³/mol. The SMILES string of the molecule is CCOC(=O)C1=C(C)N=c2s/c(=C\c3cc(I)c(OCc4ccc(Cl)cc4Cl)c(OC)c3)c(=O)n2[C@H]1c1cc(OC)c(OC)c(OC)c1. The summed E-state index contributed by atoms with van der Waals surface area (Å²) in [5.41, 5.74) is 2.32. The molecule has 252 valence electrons. The fourth-order valence-corrected chi connectivity index (χ4v) is 7.56. The third kappa shape index (κ3) is 7.02. The summed E-state index contributed by atoms with van der Waals surface area (Å²) in [6.45, 7) is 3.78. The third-order valence-corrected chi connectivity index (χ3v) is 9.83. The van der Waals surface area contributed by atoms with Crippen LogP contribution in [-0.2, 0) is 16.1 Å². The molecule has 1 aliphatic heterocycles. The van der Waals surface area contributed by atoms with Crippen molar-refractivity contribution in [1.29, 1.82) is 0 Å². The van der Waals surface area contributed by atoms with E-state index in [0.29, 0.717) is 65.0 Å². The molecule has 0 amide bonds. The molecule has 2 heterocycles. The van der Waals surface area contributed by atoms with Crippen LogP contribution < -0.4 is 38.6 Å². The molecule has 5 rings (SSSR count). The van der Waals surface area contributed by atoms with Crippen LogP contribution in [0.2, 0.25) is 10.0 Å². The van der Waals surface area contributed by atoms with E-state index in [1.807, 2.05) is 6.07 Å². The predicted octanol–water partition coefficient (Wildman–Crippen LogP) is 6.32. The number of methoxy groups -OCH3 is 4. The van der Waals surface area contributed by atoms with Gasteiger partial charge in [0, 0.05) is 15.6 Å². The normalized spacial score (nSPS) is 14.3. The molecule has 0 unspecified atom stereocenters. The van der Waals surface area contributed by atoms with Crippen molar-refractivity contribution in [2.45, 2.75) is 26.5 Å². The number of hydrogen-bond donors (Lipinski definition) is 0. The van der Waals surface area contributed by atoms with Crippen LogP contribution >= 0.6 is 57.1 Å². The van der Waals surface area contributed by atoms with Crippen molar-refractivity contribution in [3.05, 3.63) is 104 Å². The number of esters is 1. The quantitative estimate of drug-likeness (QED) is 0.128. The van der Waals surface area contributed by atoms with E-state index in [1.165, 1.54) is 37.2 Å². The number of halogens is 3.